The van der Waals surface area contributed by atoms with Crippen molar-refractivity contribution in [2.24, 2.45) is 5.41 Å². The van der Waals surface area contributed by atoms with Crippen molar-refractivity contribution in [2.45, 2.75) is 86.5 Å². The molecule has 153 valence electrons. The summed E-state index contributed by atoms with van der Waals surface area (Å²) in [4.78, 5) is 0. The van der Waals surface area contributed by atoms with Gasteiger partial charge < -0.3 is 30.0 Å². The number of halogens is 2. The van der Waals surface area contributed by atoms with Gasteiger partial charge in [-0.1, -0.05) is 41.5 Å². The molecule has 0 aromatic rings. The minimum Gasteiger partial charge on any atom is -1.00 e. The summed E-state index contributed by atoms with van der Waals surface area (Å²) in [5.74, 6) is 0. The van der Waals surface area contributed by atoms with Gasteiger partial charge in [-0.05, 0) is 14.1 Å². The average Bonchev–Trinajstić information content (AvgIpc) is 2.51. The summed E-state index contributed by atoms with van der Waals surface area (Å²) in [5.41, 5.74) is 4.83. The fraction of sp³-hybridized carbons (Fsp3) is 0.800. The largest absolute Gasteiger partial charge is 1.00 e. The van der Waals surface area contributed by atoms with Crippen molar-refractivity contribution in [3.8, 4) is 0 Å². The molecule has 0 fully saturated rings. The Balaban J connectivity index is -0.000000381. The molecule has 0 heterocycles. The fourth-order valence-corrected chi connectivity index (χ4v) is 8.80. The Morgan fingerprint density at radius 2 is 1.15 bits per heavy atom. The summed E-state index contributed by atoms with van der Waals surface area (Å²) in [5, 5.41) is 8.84. The predicted molar refractivity (Wildman–Crippen MR) is 108 cm³/mol. The van der Waals surface area contributed by atoms with Crippen LogP contribution in [0, 0.1) is 10.6 Å². The van der Waals surface area contributed by atoms with Crippen molar-refractivity contribution in [3.05, 3.63) is 20.6 Å². The topological polar surface area (TPSA) is 27.1 Å². The second kappa shape index (κ2) is 10.1. The van der Waals surface area contributed by atoms with Crippen LogP contribution in [-0.4, -0.2) is 29.1 Å². The normalized spacial score (nSPS) is 17.5. The van der Waals surface area contributed by atoms with Crippen LogP contribution in [0.1, 0.15) is 76.2 Å². The SMILES string of the molecule is CC1=C(C)C(C)(C)[C]([Ti+2])=C1C.CN(C)P(=N)(C(C)(C)C)C(C)(C)C.[Cl-].[Cl-]. The molecule has 0 atom stereocenters. The molecule has 1 aliphatic carbocycles. The van der Waals surface area contributed by atoms with Crippen LogP contribution in [0.4, 0.5) is 0 Å². The number of hydrogen-bond acceptors (Lipinski definition) is 1. The van der Waals surface area contributed by atoms with E-state index in [-0.39, 0.29) is 35.1 Å². The van der Waals surface area contributed by atoms with E-state index in [9.17, 15) is 0 Å². The van der Waals surface area contributed by atoms with Gasteiger partial charge in [0.1, 0.15) is 0 Å². The molecular weight excluding hydrogens is 418 g/mol. The van der Waals surface area contributed by atoms with E-state index in [4.69, 9.17) is 5.16 Å². The molecule has 1 aliphatic rings. The standard InChI is InChI=1S/C10H25N2P.C10H15.2ClH.Ti/c1-9(2,3)13(11,12(7)8)10(4,5)6;1-7-6-10(4,5)9(3)8(7)2;;;/h11H,1-8H3;1-5H3;2*1H;/q;;;;+2/p-2. The van der Waals surface area contributed by atoms with Gasteiger partial charge >= 0.3 is 81.1 Å². The van der Waals surface area contributed by atoms with Gasteiger partial charge in [0.15, 0.2) is 0 Å². The second-order valence-electron chi connectivity index (χ2n) is 9.70. The molecule has 0 saturated carbocycles. The molecule has 0 spiro atoms. The molecule has 0 aromatic heterocycles. The van der Waals surface area contributed by atoms with Crippen molar-refractivity contribution < 1.29 is 45.2 Å². The number of rotatable bonds is 1. The first-order valence-corrected chi connectivity index (χ1v) is 11.3. The monoisotopic (exact) mass is 457 g/mol. The maximum absolute atomic E-state index is 8.72. The molecular formula is C20H40Cl2N2PTi. The Labute approximate surface area is 188 Å². The molecule has 0 aromatic carbocycles. The van der Waals surface area contributed by atoms with Gasteiger partial charge in [0.2, 0.25) is 0 Å². The molecule has 0 bridgehead atoms. The van der Waals surface area contributed by atoms with Gasteiger partial charge in [0, 0.05) is 17.5 Å². The first-order valence-electron chi connectivity index (χ1n) is 8.77. The zero-order chi connectivity index (χ0) is 19.9. The van der Waals surface area contributed by atoms with Crippen LogP contribution in [0.5, 0.6) is 0 Å². The van der Waals surface area contributed by atoms with Gasteiger partial charge in [-0.25, -0.2) is 0 Å². The molecule has 1 N–H and O–H groups in total. The Hall–Kier alpha value is 0.964. The van der Waals surface area contributed by atoms with Crippen LogP contribution in [0.2, 0.25) is 0 Å². The van der Waals surface area contributed by atoms with Gasteiger partial charge in [-0.3, -0.25) is 4.67 Å². The first-order chi connectivity index (χ1) is 10.3. The summed E-state index contributed by atoms with van der Waals surface area (Å²) < 4.78 is 3.67. The van der Waals surface area contributed by atoms with Crippen LogP contribution < -0.4 is 24.8 Å². The molecule has 26 heavy (non-hydrogen) atoms. The van der Waals surface area contributed by atoms with E-state index in [0.29, 0.717) is 5.41 Å². The summed E-state index contributed by atoms with van der Waals surface area (Å²) in [6, 6.07) is 0. The molecule has 6 heteroatoms. The third-order valence-corrected chi connectivity index (χ3v) is 12.2. The van der Waals surface area contributed by atoms with E-state index in [0.717, 1.165) is 0 Å². The molecule has 0 saturated heterocycles. The van der Waals surface area contributed by atoms with Crippen LogP contribution in [0.15, 0.2) is 20.6 Å². The second-order valence-corrected chi connectivity index (χ2v) is 15.2. The Morgan fingerprint density at radius 3 is 1.19 bits per heavy atom. The minimum absolute atomic E-state index is 0. The van der Waals surface area contributed by atoms with E-state index in [1.807, 2.05) is 14.1 Å². The number of nitrogens with one attached hydrogen (secondary N) is 1. The number of allylic oxidation sites excluding steroid dienone is 4. The van der Waals surface area contributed by atoms with Gasteiger partial charge in [-0.15, -0.1) is 0 Å². The van der Waals surface area contributed by atoms with Crippen molar-refractivity contribution in [1.29, 1.82) is 5.16 Å². The van der Waals surface area contributed by atoms with E-state index >= 15 is 0 Å². The molecule has 2 nitrogen and oxygen atoms in total. The molecule has 0 radical (unpaired) electrons. The quantitative estimate of drug-likeness (QED) is 0.462. The average molecular weight is 458 g/mol. The Kier molecular flexibility index (Phi) is 12.3. The predicted octanol–water partition coefficient (Wildman–Crippen LogP) is 1.03. The summed E-state index contributed by atoms with van der Waals surface area (Å²) >= 11 is 2.25. The smallest absolute Gasteiger partial charge is 0.0385 e. The Bertz CT molecular complexity index is 548. The van der Waals surface area contributed by atoms with Crippen molar-refractivity contribution >= 4 is 7.21 Å². The zero-order valence-corrected chi connectivity index (χ0v) is 23.1. The maximum atomic E-state index is 8.72. The van der Waals surface area contributed by atoms with Crippen LogP contribution in [0.3, 0.4) is 0 Å². The molecule has 1 rings (SSSR count). The van der Waals surface area contributed by atoms with Crippen LogP contribution >= 0.6 is 7.21 Å². The van der Waals surface area contributed by atoms with Crippen LogP contribution in [0.25, 0.3) is 0 Å². The van der Waals surface area contributed by atoms with Crippen LogP contribution in [-0.2, 0) is 20.4 Å². The van der Waals surface area contributed by atoms with Crippen molar-refractivity contribution in [3.63, 3.8) is 0 Å². The molecule has 0 aliphatic heterocycles. The van der Waals surface area contributed by atoms with Crippen molar-refractivity contribution in [1.82, 2.24) is 4.67 Å². The molecule has 0 amide bonds. The third-order valence-electron chi connectivity index (χ3n) is 5.60. The number of hydrogen-bond donors (Lipinski definition) is 1. The zero-order valence-electron chi connectivity index (χ0n) is 19.2. The fourth-order valence-electron chi connectivity index (χ4n) is 3.80. The van der Waals surface area contributed by atoms with Gasteiger partial charge in [0.05, 0.1) is 0 Å². The number of nitrogens with zero attached hydrogens (tertiary/aromatic N) is 1. The van der Waals surface area contributed by atoms with E-state index in [1.165, 1.54) is 20.6 Å². The Morgan fingerprint density at radius 1 is 0.846 bits per heavy atom. The van der Waals surface area contributed by atoms with E-state index in [1.54, 1.807) is 0 Å². The first kappa shape index (κ1) is 31.7. The van der Waals surface area contributed by atoms with E-state index < -0.39 is 7.21 Å². The minimum atomic E-state index is -1.83. The maximum Gasteiger partial charge on any atom is 0.0385 e. The summed E-state index contributed by atoms with van der Waals surface area (Å²) in [7, 11) is 2.25. The summed E-state index contributed by atoms with van der Waals surface area (Å²) in [6.07, 6.45) is 0. The van der Waals surface area contributed by atoms with Crippen molar-refractivity contribution in [2.75, 3.05) is 14.1 Å². The van der Waals surface area contributed by atoms with E-state index in [2.05, 4.69) is 101 Å². The van der Waals surface area contributed by atoms with Gasteiger partial charge in [-0.2, -0.15) is 0 Å². The van der Waals surface area contributed by atoms with Gasteiger partial charge in [0.25, 0.3) is 0 Å². The third kappa shape index (κ3) is 5.98. The molecule has 0 unspecified atom stereocenters. The summed E-state index contributed by atoms with van der Waals surface area (Å²) in [6.45, 7) is 24.4.